The molecule has 0 saturated heterocycles. The number of aromatic nitrogens is 3. The van der Waals surface area contributed by atoms with Crippen molar-refractivity contribution in [3.05, 3.63) is 58.7 Å². The molecule has 3 rings (SSSR count). The van der Waals surface area contributed by atoms with E-state index in [4.69, 9.17) is 0 Å². The van der Waals surface area contributed by atoms with Crippen molar-refractivity contribution in [2.75, 3.05) is 17.6 Å². The number of benzene rings is 2. The summed E-state index contributed by atoms with van der Waals surface area (Å²) >= 11 is 1.28. The Morgan fingerprint density at radius 3 is 2.23 bits per heavy atom. The molecule has 31 heavy (non-hydrogen) atoms. The largest absolute Gasteiger partial charge is 0.346 e. The van der Waals surface area contributed by atoms with E-state index in [1.165, 1.54) is 17.3 Å². The Kier molecular flexibility index (Phi) is 7.12. The third-order valence-corrected chi connectivity index (χ3v) is 5.88. The van der Waals surface area contributed by atoms with Crippen LogP contribution < -0.4 is 10.6 Å². The van der Waals surface area contributed by atoms with E-state index >= 15 is 0 Å². The maximum Gasteiger partial charge on any atom is 0.243 e. The monoisotopic (exact) mass is 437 g/mol. The zero-order valence-corrected chi connectivity index (χ0v) is 19.3. The molecule has 2 N–H and O–H groups in total. The molecule has 2 amide bonds. The molecule has 0 aliphatic rings. The summed E-state index contributed by atoms with van der Waals surface area (Å²) in [5.74, 6) is 0.396. The number of rotatable bonds is 7. The summed E-state index contributed by atoms with van der Waals surface area (Å²) in [6.45, 7) is 7.88. The Hall–Kier alpha value is -3.13. The second-order valence-corrected chi connectivity index (χ2v) is 8.56. The molecule has 8 heteroatoms. The zero-order valence-electron chi connectivity index (χ0n) is 18.4. The van der Waals surface area contributed by atoms with E-state index in [0.29, 0.717) is 5.16 Å². The number of hydrogen-bond acceptors (Lipinski definition) is 5. The van der Waals surface area contributed by atoms with Crippen LogP contribution in [0.5, 0.6) is 0 Å². The molecule has 0 fully saturated rings. The van der Waals surface area contributed by atoms with E-state index < -0.39 is 0 Å². The first-order chi connectivity index (χ1) is 14.7. The van der Waals surface area contributed by atoms with E-state index in [-0.39, 0.29) is 24.1 Å². The predicted octanol–water partition coefficient (Wildman–Crippen LogP) is 3.56. The van der Waals surface area contributed by atoms with Gasteiger partial charge in [-0.3, -0.25) is 9.59 Å². The van der Waals surface area contributed by atoms with E-state index in [9.17, 15) is 9.59 Å². The fraction of sp³-hybridized carbons (Fsp3) is 0.304. The van der Waals surface area contributed by atoms with Crippen LogP contribution in [0.1, 0.15) is 22.3 Å². The summed E-state index contributed by atoms with van der Waals surface area (Å²) in [5.41, 5.74) is 6.08. The Morgan fingerprint density at radius 2 is 1.58 bits per heavy atom. The summed E-state index contributed by atoms with van der Waals surface area (Å²) in [7, 11) is 1.87. The highest BCUT2D eigenvalue weighted by molar-refractivity contribution is 7.99. The number of anilines is 1. The quantitative estimate of drug-likeness (QED) is 0.552. The van der Waals surface area contributed by atoms with E-state index in [0.717, 1.165) is 33.8 Å². The first-order valence-electron chi connectivity index (χ1n) is 9.98. The van der Waals surface area contributed by atoms with Crippen LogP contribution in [0.3, 0.4) is 0 Å². The average molecular weight is 438 g/mol. The van der Waals surface area contributed by atoms with Crippen LogP contribution in [-0.4, -0.2) is 38.9 Å². The fourth-order valence-electron chi connectivity index (χ4n) is 3.32. The molecule has 0 spiro atoms. The van der Waals surface area contributed by atoms with Gasteiger partial charge in [-0.2, -0.15) is 0 Å². The third kappa shape index (κ3) is 5.73. The van der Waals surface area contributed by atoms with Crippen LogP contribution in [0.25, 0.3) is 11.4 Å². The van der Waals surface area contributed by atoms with Crippen molar-refractivity contribution < 1.29 is 9.59 Å². The third-order valence-electron chi connectivity index (χ3n) is 4.86. The molecule has 0 unspecified atom stereocenters. The smallest absolute Gasteiger partial charge is 0.243 e. The molecule has 0 bridgehead atoms. The minimum atomic E-state index is -0.256. The molecule has 3 aromatic rings. The van der Waals surface area contributed by atoms with Gasteiger partial charge < -0.3 is 15.2 Å². The van der Waals surface area contributed by atoms with Crippen molar-refractivity contribution >= 4 is 29.3 Å². The highest BCUT2D eigenvalue weighted by Gasteiger charge is 2.14. The number of aryl methyl sites for hydroxylation is 4. The van der Waals surface area contributed by atoms with Gasteiger partial charge in [0.15, 0.2) is 11.0 Å². The second-order valence-electron chi connectivity index (χ2n) is 7.62. The summed E-state index contributed by atoms with van der Waals surface area (Å²) in [6, 6.07) is 12.1. The standard InChI is InChI=1S/C23H27N5O2S/c1-14-6-8-18(9-7-14)22-26-27-23(28(22)5)31-13-20(30)24-12-19(29)25-21-16(3)10-15(2)11-17(21)4/h6-11H,12-13H2,1-5H3,(H,24,30)(H,25,29). The highest BCUT2D eigenvalue weighted by Crippen LogP contribution is 2.23. The van der Waals surface area contributed by atoms with Crippen molar-refractivity contribution in [1.82, 2.24) is 20.1 Å². The van der Waals surface area contributed by atoms with Gasteiger partial charge in [0.1, 0.15) is 0 Å². The van der Waals surface area contributed by atoms with Crippen molar-refractivity contribution in [2.24, 2.45) is 7.05 Å². The molecule has 1 aromatic heterocycles. The lowest BCUT2D eigenvalue weighted by Crippen LogP contribution is -2.34. The van der Waals surface area contributed by atoms with E-state index in [1.807, 2.05) is 75.7 Å². The zero-order chi connectivity index (χ0) is 22.5. The fourth-order valence-corrected chi connectivity index (χ4v) is 4.06. The molecule has 1 heterocycles. The summed E-state index contributed by atoms with van der Waals surface area (Å²) in [6.07, 6.45) is 0. The van der Waals surface area contributed by atoms with Gasteiger partial charge in [0.25, 0.3) is 0 Å². The maximum atomic E-state index is 12.3. The van der Waals surface area contributed by atoms with Gasteiger partial charge in [-0.25, -0.2) is 0 Å². The van der Waals surface area contributed by atoms with Gasteiger partial charge in [-0.05, 0) is 38.8 Å². The van der Waals surface area contributed by atoms with Crippen molar-refractivity contribution in [3.63, 3.8) is 0 Å². The molecular weight excluding hydrogens is 410 g/mol. The molecular formula is C23H27N5O2S. The predicted molar refractivity (Wildman–Crippen MR) is 124 cm³/mol. The van der Waals surface area contributed by atoms with Crippen LogP contribution in [0.4, 0.5) is 5.69 Å². The lowest BCUT2D eigenvalue weighted by atomic mass is 10.1. The molecule has 0 aliphatic carbocycles. The Bertz CT molecular complexity index is 1080. The number of hydrogen-bond donors (Lipinski definition) is 2. The molecule has 162 valence electrons. The maximum absolute atomic E-state index is 12.3. The number of amides is 2. The van der Waals surface area contributed by atoms with Crippen LogP contribution >= 0.6 is 11.8 Å². The number of carbonyl (C=O) groups excluding carboxylic acids is 2. The molecule has 0 radical (unpaired) electrons. The van der Waals surface area contributed by atoms with Crippen molar-refractivity contribution in [3.8, 4) is 11.4 Å². The van der Waals surface area contributed by atoms with Crippen LogP contribution in [0.15, 0.2) is 41.6 Å². The van der Waals surface area contributed by atoms with Gasteiger partial charge in [-0.1, -0.05) is 59.3 Å². The Morgan fingerprint density at radius 1 is 0.935 bits per heavy atom. The van der Waals surface area contributed by atoms with Crippen molar-refractivity contribution in [1.29, 1.82) is 0 Å². The van der Waals surface area contributed by atoms with Gasteiger partial charge in [0, 0.05) is 18.3 Å². The molecule has 0 atom stereocenters. The summed E-state index contributed by atoms with van der Waals surface area (Å²) in [5, 5.41) is 14.6. The second kappa shape index (κ2) is 9.78. The lowest BCUT2D eigenvalue weighted by Gasteiger charge is -2.13. The Labute approximate surface area is 186 Å². The number of nitrogens with one attached hydrogen (secondary N) is 2. The van der Waals surface area contributed by atoms with Crippen LogP contribution in [0.2, 0.25) is 0 Å². The molecule has 2 aromatic carbocycles. The molecule has 0 aliphatic heterocycles. The number of carbonyl (C=O) groups is 2. The Balaban J connectivity index is 1.51. The minimum absolute atomic E-state index is 0.0837. The highest BCUT2D eigenvalue weighted by atomic mass is 32.2. The molecule has 0 saturated carbocycles. The topological polar surface area (TPSA) is 88.9 Å². The van der Waals surface area contributed by atoms with Gasteiger partial charge >= 0.3 is 0 Å². The first-order valence-corrected chi connectivity index (χ1v) is 11.0. The average Bonchev–Trinajstić information content (AvgIpc) is 3.08. The first kappa shape index (κ1) is 22.6. The van der Waals surface area contributed by atoms with E-state index in [2.05, 4.69) is 20.8 Å². The van der Waals surface area contributed by atoms with Crippen LogP contribution in [-0.2, 0) is 16.6 Å². The van der Waals surface area contributed by atoms with Crippen molar-refractivity contribution in [2.45, 2.75) is 32.9 Å². The SMILES string of the molecule is Cc1ccc(-c2nnc(SCC(=O)NCC(=O)Nc3c(C)cc(C)cc3C)n2C)cc1. The van der Waals surface area contributed by atoms with Gasteiger partial charge in [0.2, 0.25) is 11.8 Å². The normalized spacial score (nSPS) is 10.7. The number of nitrogens with zero attached hydrogens (tertiary/aromatic N) is 3. The minimum Gasteiger partial charge on any atom is -0.346 e. The summed E-state index contributed by atoms with van der Waals surface area (Å²) < 4.78 is 1.86. The number of thioether (sulfide) groups is 1. The van der Waals surface area contributed by atoms with Crippen LogP contribution in [0, 0.1) is 27.7 Å². The van der Waals surface area contributed by atoms with Gasteiger partial charge in [0.05, 0.1) is 12.3 Å². The summed E-state index contributed by atoms with van der Waals surface area (Å²) in [4.78, 5) is 24.5. The molecule has 7 nitrogen and oxygen atoms in total. The van der Waals surface area contributed by atoms with E-state index in [1.54, 1.807) is 0 Å². The lowest BCUT2D eigenvalue weighted by molar-refractivity contribution is -0.122. The van der Waals surface area contributed by atoms with Gasteiger partial charge in [-0.15, -0.1) is 10.2 Å².